The zero-order valence-corrected chi connectivity index (χ0v) is 12.1. The zero-order valence-electron chi connectivity index (χ0n) is 11.2. The van der Waals surface area contributed by atoms with Gasteiger partial charge in [-0.15, -0.1) is 12.4 Å². The number of hydrogen-bond acceptors (Lipinski definition) is 2. The number of carbonyl (C=O) groups is 1. The number of cyclic esters (lactones) is 1. The zero-order chi connectivity index (χ0) is 12.6. The maximum absolute atomic E-state index is 11.4. The minimum Gasteiger partial charge on any atom is -0.449 e. The molecule has 1 heterocycles. The minimum absolute atomic E-state index is 0. The van der Waals surface area contributed by atoms with E-state index in [0.717, 1.165) is 5.56 Å². The lowest BCUT2D eigenvalue weighted by molar-refractivity contribution is 0.0387. The van der Waals surface area contributed by atoms with E-state index in [1.165, 1.54) is 11.1 Å². The van der Waals surface area contributed by atoms with Gasteiger partial charge in [-0.1, -0.05) is 32.0 Å². The Morgan fingerprint density at radius 3 is 2.56 bits per heavy atom. The molecule has 1 N–H and O–H groups in total. The molecule has 0 unspecified atom stereocenters. The summed E-state index contributed by atoms with van der Waals surface area (Å²) in [6, 6.07) is 6.35. The minimum atomic E-state index is -0.326. The lowest BCUT2D eigenvalue weighted by Gasteiger charge is -2.38. The summed E-state index contributed by atoms with van der Waals surface area (Å²) in [6.07, 6.45) is -0.326. The van der Waals surface area contributed by atoms with Crippen molar-refractivity contribution in [2.24, 2.45) is 5.41 Å². The van der Waals surface area contributed by atoms with Crippen molar-refractivity contribution < 1.29 is 9.53 Å². The number of amides is 1. The molecular weight excluding hydrogens is 250 g/mol. The van der Waals surface area contributed by atoms with Crippen LogP contribution in [-0.4, -0.2) is 12.7 Å². The van der Waals surface area contributed by atoms with Gasteiger partial charge in [0, 0.05) is 5.41 Å². The van der Waals surface area contributed by atoms with Crippen LogP contribution in [0.15, 0.2) is 18.2 Å². The van der Waals surface area contributed by atoms with Gasteiger partial charge >= 0.3 is 6.09 Å². The van der Waals surface area contributed by atoms with Gasteiger partial charge in [-0.05, 0) is 30.5 Å². The third kappa shape index (κ3) is 2.78. The van der Waals surface area contributed by atoms with Gasteiger partial charge in [0.25, 0.3) is 0 Å². The molecule has 0 bridgehead atoms. The second kappa shape index (κ2) is 5.19. The Hall–Kier alpha value is -1.22. The van der Waals surface area contributed by atoms with Gasteiger partial charge in [-0.2, -0.15) is 0 Å². The number of hydrogen-bond donors (Lipinski definition) is 1. The van der Waals surface area contributed by atoms with Crippen LogP contribution in [0.1, 0.15) is 36.6 Å². The molecule has 3 nitrogen and oxygen atoms in total. The molecule has 0 spiro atoms. The molecule has 1 fully saturated rings. The highest BCUT2D eigenvalue weighted by Crippen LogP contribution is 2.36. The smallest absolute Gasteiger partial charge is 0.407 e. The highest BCUT2D eigenvalue weighted by Gasteiger charge is 2.37. The van der Waals surface area contributed by atoms with E-state index in [9.17, 15) is 4.79 Å². The summed E-state index contributed by atoms with van der Waals surface area (Å²) in [6.45, 7) is 8.84. The molecule has 18 heavy (non-hydrogen) atoms. The van der Waals surface area contributed by atoms with Gasteiger partial charge in [-0.25, -0.2) is 4.79 Å². The molecule has 2 rings (SSSR count). The number of halogens is 1. The standard InChI is InChI=1S/C14H19NO2.ClH/c1-9-5-6-11(7-10(9)2)12-14(3,4)8-17-13(16)15-12;/h5-7,12H,8H2,1-4H3,(H,15,16);1H/t12-;/m1./s1. The monoisotopic (exact) mass is 269 g/mol. The highest BCUT2D eigenvalue weighted by atomic mass is 35.5. The van der Waals surface area contributed by atoms with Crippen LogP contribution in [0.2, 0.25) is 0 Å². The summed E-state index contributed by atoms with van der Waals surface area (Å²) in [4.78, 5) is 11.4. The van der Waals surface area contributed by atoms with Crippen molar-refractivity contribution in [1.29, 1.82) is 0 Å². The number of carbonyl (C=O) groups excluding carboxylic acids is 1. The quantitative estimate of drug-likeness (QED) is 0.847. The molecule has 1 atom stereocenters. The molecule has 1 aliphatic rings. The third-order valence-electron chi connectivity index (χ3n) is 3.48. The molecule has 1 aromatic carbocycles. The van der Waals surface area contributed by atoms with Crippen molar-refractivity contribution in [3.8, 4) is 0 Å². The Bertz CT molecular complexity index is 457. The lowest BCUT2D eigenvalue weighted by atomic mass is 9.80. The Labute approximate surface area is 114 Å². The molecule has 100 valence electrons. The molecule has 1 amide bonds. The van der Waals surface area contributed by atoms with Crippen LogP contribution in [0, 0.1) is 19.3 Å². The normalized spacial score (nSPS) is 21.6. The fourth-order valence-electron chi connectivity index (χ4n) is 2.17. The first-order chi connectivity index (χ1) is 7.90. The summed E-state index contributed by atoms with van der Waals surface area (Å²) in [5.74, 6) is 0. The second-order valence-corrected chi connectivity index (χ2v) is 5.49. The van der Waals surface area contributed by atoms with Crippen LogP contribution in [0.25, 0.3) is 0 Å². The Balaban J connectivity index is 0.00000162. The maximum atomic E-state index is 11.4. The van der Waals surface area contributed by atoms with Crippen molar-refractivity contribution in [1.82, 2.24) is 5.32 Å². The number of benzene rings is 1. The summed E-state index contributed by atoms with van der Waals surface area (Å²) < 4.78 is 5.05. The summed E-state index contributed by atoms with van der Waals surface area (Å²) >= 11 is 0. The molecular formula is C14H20ClNO2. The van der Waals surface area contributed by atoms with E-state index in [2.05, 4.69) is 51.2 Å². The fourth-order valence-corrected chi connectivity index (χ4v) is 2.17. The largest absolute Gasteiger partial charge is 0.449 e. The van der Waals surface area contributed by atoms with Gasteiger partial charge in [0.1, 0.15) is 6.61 Å². The van der Waals surface area contributed by atoms with Crippen molar-refractivity contribution in [2.45, 2.75) is 33.7 Å². The van der Waals surface area contributed by atoms with Crippen molar-refractivity contribution in [2.75, 3.05) is 6.61 Å². The van der Waals surface area contributed by atoms with E-state index in [4.69, 9.17) is 4.74 Å². The van der Waals surface area contributed by atoms with Crippen molar-refractivity contribution >= 4 is 18.5 Å². The number of ether oxygens (including phenoxy) is 1. The Kier molecular flexibility index (Phi) is 4.28. The Morgan fingerprint density at radius 1 is 1.28 bits per heavy atom. The van der Waals surface area contributed by atoms with E-state index in [1.807, 2.05) is 0 Å². The van der Waals surface area contributed by atoms with E-state index in [0.29, 0.717) is 6.61 Å². The molecule has 0 radical (unpaired) electrons. The van der Waals surface area contributed by atoms with Gasteiger partial charge in [0.05, 0.1) is 6.04 Å². The molecule has 4 heteroatoms. The average molecular weight is 270 g/mol. The molecule has 1 saturated heterocycles. The van der Waals surface area contributed by atoms with Crippen LogP contribution >= 0.6 is 12.4 Å². The SMILES string of the molecule is Cc1ccc([C@H]2NC(=O)OCC2(C)C)cc1C.Cl. The summed E-state index contributed by atoms with van der Waals surface area (Å²) in [5, 5.41) is 2.91. The number of alkyl carbamates (subject to hydrolysis) is 1. The van der Waals surface area contributed by atoms with Gasteiger partial charge in [-0.3, -0.25) is 0 Å². The summed E-state index contributed by atoms with van der Waals surface area (Å²) in [7, 11) is 0. The van der Waals surface area contributed by atoms with Crippen LogP contribution < -0.4 is 5.32 Å². The van der Waals surface area contributed by atoms with E-state index in [1.54, 1.807) is 0 Å². The predicted octanol–water partition coefficient (Wildman–Crippen LogP) is 3.53. The van der Waals surface area contributed by atoms with Crippen molar-refractivity contribution in [3.63, 3.8) is 0 Å². The Morgan fingerprint density at radius 2 is 1.94 bits per heavy atom. The van der Waals surface area contributed by atoms with Crippen LogP contribution in [-0.2, 0) is 4.74 Å². The van der Waals surface area contributed by atoms with E-state index in [-0.39, 0.29) is 30.0 Å². The third-order valence-corrected chi connectivity index (χ3v) is 3.48. The molecule has 0 aromatic heterocycles. The number of rotatable bonds is 1. The van der Waals surface area contributed by atoms with Gasteiger partial charge < -0.3 is 10.1 Å². The molecule has 0 saturated carbocycles. The molecule has 0 aliphatic carbocycles. The first-order valence-corrected chi connectivity index (χ1v) is 5.90. The first kappa shape index (κ1) is 14.8. The first-order valence-electron chi connectivity index (χ1n) is 5.90. The fraction of sp³-hybridized carbons (Fsp3) is 0.500. The summed E-state index contributed by atoms with van der Waals surface area (Å²) in [5.41, 5.74) is 3.58. The maximum Gasteiger partial charge on any atom is 0.407 e. The highest BCUT2D eigenvalue weighted by molar-refractivity contribution is 5.85. The number of aryl methyl sites for hydroxylation is 2. The molecule has 1 aliphatic heterocycles. The average Bonchev–Trinajstić information content (AvgIpc) is 2.26. The van der Waals surface area contributed by atoms with E-state index < -0.39 is 0 Å². The lowest BCUT2D eigenvalue weighted by Crippen LogP contribution is -2.46. The predicted molar refractivity (Wildman–Crippen MR) is 74.2 cm³/mol. The number of nitrogens with one attached hydrogen (secondary N) is 1. The molecule has 1 aromatic rings. The second-order valence-electron chi connectivity index (χ2n) is 5.49. The van der Waals surface area contributed by atoms with Gasteiger partial charge in [0.15, 0.2) is 0 Å². The topological polar surface area (TPSA) is 38.3 Å². The van der Waals surface area contributed by atoms with Crippen LogP contribution in [0.3, 0.4) is 0 Å². The van der Waals surface area contributed by atoms with Crippen molar-refractivity contribution in [3.05, 3.63) is 34.9 Å². The van der Waals surface area contributed by atoms with Crippen LogP contribution in [0.5, 0.6) is 0 Å². The van der Waals surface area contributed by atoms with Crippen LogP contribution in [0.4, 0.5) is 4.79 Å². The van der Waals surface area contributed by atoms with E-state index >= 15 is 0 Å². The van der Waals surface area contributed by atoms with Gasteiger partial charge in [0.2, 0.25) is 0 Å².